The highest BCUT2D eigenvalue weighted by Gasteiger charge is 2.29. The smallest absolute Gasteiger partial charge is 0.332 e. The topological polar surface area (TPSA) is 243 Å². The molecule has 0 aliphatic carbocycles. The van der Waals surface area contributed by atoms with Crippen LogP contribution in [-0.4, -0.2) is 117 Å². The number of aliphatic carboxylic acids is 5. The number of carboxylic acids is 5. The number of amides is 1. The monoisotopic (exact) mass is 702 g/mol. The van der Waals surface area contributed by atoms with Crippen molar-refractivity contribution in [3.8, 4) is 0 Å². The molecule has 0 saturated heterocycles. The Balaban J connectivity index is 4.44. The Kier molecular flexibility index (Phi) is 27.6. The fourth-order valence-electron chi connectivity index (χ4n) is 5.59. The number of rotatable bonds is 35. The molecule has 15 heteroatoms. The first-order valence-electron chi connectivity index (χ1n) is 18.0. The van der Waals surface area contributed by atoms with Crippen molar-refractivity contribution in [2.75, 3.05) is 32.7 Å². The highest BCUT2D eigenvalue weighted by molar-refractivity contribution is 5.97. The summed E-state index contributed by atoms with van der Waals surface area (Å²) in [4.78, 5) is 70.4. The Morgan fingerprint density at radius 3 is 1.24 bits per heavy atom. The standard InChI is InChI=1S/C34H62N4O11/c1-2-3-4-5-6-7-8-9-10-11-12-13-14-15-16-20-27(39)35-21-18-17-19-26(30(40)41)38(24-22-36-28(31(42)43)32(44)45)25-23-37-29(33(46)47)34(48)49/h26,28-29,36-37H,2-25H2,1H3,(H,35,39)(H,40,41)(H,42,43)(H,44,45)(H,46,47)(H,48,49). The van der Waals surface area contributed by atoms with Crippen LogP contribution < -0.4 is 16.0 Å². The molecule has 0 aromatic rings. The maximum absolute atomic E-state index is 12.2. The van der Waals surface area contributed by atoms with E-state index in [0.29, 0.717) is 25.8 Å². The summed E-state index contributed by atoms with van der Waals surface area (Å²) in [6.07, 6.45) is 20.2. The van der Waals surface area contributed by atoms with Crippen LogP contribution in [0.15, 0.2) is 0 Å². The summed E-state index contributed by atoms with van der Waals surface area (Å²) in [7, 11) is 0. The third kappa shape index (κ3) is 24.5. The lowest BCUT2D eigenvalue weighted by molar-refractivity contribution is -0.152. The van der Waals surface area contributed by atoms with Crippen LogP contribution in [0.3, 0.4) is 0 Å². The summed E-state index contributed by atoms with van der Waals surface area (Å²) >= 11 is 0. The van der Waals surface area contributed by atoms with Crippen molar-refractivity contribution in [2.45, 2.75) is 147 Å². The lowest BCUT2D eigenvalue weighted by atomic mass is 10.0. The molecule has 0 heterocycles. The number of unbranched alkanes of at least 4 members (excludes halogenated alkanes) is 15. The van der Waals surface area contributed by atoms with Gasteiger partial charge in [-0.05, 0) is 25.7 Å². The molecule has 0 aliphatic rings. The SMILES string of the molecule is CCCCCCCCCCCCCCCCCC(=O)NCCCCC(C(=O)O)N(CCNC(C(=O)O)C(=O)O)CCNC(C(=O)O)C(=O)O. The molecular weight excluding hydrogens is 640 g/mol. The highest BCUT2D eigenvalue weighted by Crippen LogP contribution is 2.14. The molecule has 49 heavy (non-hydrogen) atoms. The van der Waals surface area contributed by atoms with Gasteiger partial charge in [0.1, 0.15) is 6.04 Å². The van der Waals surface area contributed by atoms with Crippen LogP contribution >= 0.6 is 0 Å². The molecule has 1 atom stereocenters. The molecule has 1 amide bonds. The molecule has 0 saturated carbocycles. The van der Waals surface area contributed by atoms with Gasteiger partial charge in [0.25, 0.3) is 0 Å². The van der Waals surface area contributed by atoms with Crippen molar-refractivity contribution in [3.05, 3.63) is 0 Å². The van der Waals surface area contributed by atoms with Crippen molar-refractivity contribution in [3.63, 3.8) is 0 Å². The maximum Gasteiger partial charge on any atom is 0.332 e. The quantitative estimate of drug-likeness (QED) is 0.0348. The fourth-order valence-corrected chi connectivity index (χ4v) is 5.59. The lowest BCUT2D eigenvalue weighted by Crippen LogP contribution is -2.52. The Bertz CT molecular complexity index is 900. The number of hydrogen-bond acceptors (Lipinski definition) is 9. The fraction of sp³-hybridized carbons (Fsp3) is 0.824. The van der Waals surface area contributed by atoms with Gasteiger partial charge in [-0.1, -0.05) is 96.8 Å². The van der Waals surface area contributed by atoms with Crippen LogP contribution in [0.5, 0.6) is 0 Å². The van der Waals surface area contributed by atoms with Gasteiger partial charge in [0.2, 0.25) is 18.0 Å². The molecule has 0 spiro atoms. The molecule has 0 radical (unpaired) electrons. The van der Waals surface area contributed by atoms with E-state index in [2.05, 4.69) is 22.9 Å². The van der Waals surface area contributed by atoms with E-state index < -0.39 is 48.0 Å². The van der Waals surface area contributed by atoms with Crippen molar-refractivity contribution in [1.29, 1.82) is 0 Å². The van der Waals surface area contributed by atoms with Crippen LogP contribution in [0.1, 0.15) is 129 Å². The Morgan fingerprint density at radius 1 is 0.490 bits per heavy atom. The van der Waals surface area contributed by atoms with E-state index in [1.165, 1.54) is 81.9 Å². The van der Waals surface area contributed by atoms with Gasteiger partial charge >= 0.3 is 29.8 Å². The van der Waals surface area contributed by atoms with E-state index in [-0.39, 0.29) is 38.5 Å². The second kappa shape index (κ2) is 29.6. The van der Waals surface area contributed by atoms with E-state index in [1.54, 1.807) is 0 Å². The largest absolute Gasteiger partial charge is 0.480 e. The second-order valence-corrected chi connectivity index (χ2v) is 12.6. The first-order chi connectivity index (χ1) is 23.4. The maximum atomic E-state index is 12.2. The van der Waals surface area contributed by atoms with Crippen molar-refractivity contribution >= 4 is 35.8 Å². The van der Waals surface area contributed by atoms with Crippen LogP contribution in [0, 0.1) is 0 Å². The lowest BCUT2D eigenvalue weighted by Gasteiger charge is -2.29. The minimum Gasteiger partial charge on any atom is -0.480 e. The highest BCUT2D eigenvalue weighted by atomic mass is 16.4. The number of carbonyl (C=O) groups excluding carboxylic acids is 1. The van der Waals surface area contributed by atoms with E-state index in [9.17, 15) is 33.9 Å². The van der Waals surface area contributed by atoms with Crippen molar-refractivity contribution < 1.29 is 54.3 Å². The van der Waals surface area contributed by atoms with Gasteiger partial charge in [0.15, 0.2) is 0 Å². The summed E-state index contributed by atoms with van der Waals surface area (Å²) in [5, 5.41) is 53.7. The summed E-state index contributed by atoms with van der Waals surface area (Å²) in [5.41, 5.74) is 0. The number of carboxylic acid groups (broad SMARTS) is 5. The minimum absolute atomic E-state index is 0.0546. The van der Waals surface area contributed by atoms with Gasteiger partial charge in [-0.15, -0.1) is 0 Å². The zero-order valence-electron chi connectivity index (χ0n) is 29.3. The van der Waals surface area contributed by atoms with Gasteiger partial charge < -0.3 is 30.8 Å². The number of nitrogens with zero attached hydrogens (tertiary/aromatic N) is 1. The van der Waals surface area contributed by atoms with E-state index in [4.69, 9.17) is 20.4 Å². The number of nitrogens with one attached hydrogen (secondary N) is 3. The van der Waals surface area contributed by atoms with Gasteiger partial charge in [0, 0.05) is 39.1 Å². The van der Waals surface area contributed by atoms with Crippen LogP contribution in [0.4, 0.5) is 0 Å². The Morgan fingerprint density at radius 2 is 0.878 bits per heavy atom. The molecule has 0 bridgehead atoms. The van der Waals surface area contributed by atoms with Crippen LogP contribution in [0.25, 0.3) is 0 Å². The molecule has 0 aromatic heterocycles. The number of hydrogen-bond donors (Lipinski definition) is 8. The summed E-state index contributed by atoms with van der Waals surface area (Å²) in [6.45, 7) is 1.94. The third-order valence-corrected chi connectivity index (χ3v) is 8.44. The average Bonchev–Trinajstić information content (AvgIpc) is 3.03. The summed E-state index contributed by atoms with van der Waals surface area (Å²) < 4.78 is 0. The third-order valence-electron chi connectivity index (χ3n) is 8.44. The van der Waals surface area contributed by atoms with Crippen LogP contribution in [0.2, 0.25) is 0 Å². The zero-order valence-corrected chi connectivity index (χ0v) is 29.3. The average molecular weight is 703 g/mol. The number of carbonyl (C=O) groups is 6. The molecule has 8 N–H and O–H groups in total. The second-order valence-electron chi connectivity index (χ2n) is 12.6. The molecule has 1 unspecified atom stereocenters. The molecule has 0 aliphatic heterocycles. The Hall–Kier alpha value is -3.30. The summed E-state index contributed by atoms with van der Waals surface area (Å²) in [6, 6.07) is -4.94. The van der Waals surface area contributed by atoms with Gasteiger partial charge in [0.05, 0.1) is 0 Å². The van der Waals surface area contributed by atoms with E-state index in [1.807, 2.05) is 0 Å². The van der Waals surface area contributed by atoms with Gasteiger partial charge in [-0.3, -0.25) is 25.1 Å². The Labute approximate surface area is 290 Å². The zero-order chi connectivity index (χ0) is 36.9. The molecular formula is C34H62N4O11. The van der Waals surface area contributed by atoms with E-state index >= 15 is 0 Å². The molecule has 284 valence electrons. The predicted octanol–water partition coefficient (Wildman–Crippen LogP) is 3.54. The summed E-state index contributed by atoms with van der Waals surface area (Å²) in [5.74, 6) is -7.75. The molecule has 0 aromatic carbocycles. The van der Waals surface area contributed by atoms with E-state index in [0.717, 1.165) is 19.3 Å². The van der Waals surface area contributed by atoms with Gasteiger partial charge in [-0.25, -0.2) is 19.2 Å². The predicted molar refractivity (Wildman–Crippen MR) is 184 cm³/mol. The first kappa shape index (κ1) is 45.7. The van der Waals surface area contributed by atoms with Crippen LogP contribution in [-0.2, 0) is 28.8 Å². The molecule has 0 rings (SSSR count). The molecule has 0 fully saturated rings. The van der Waals surface area contributed by atoms with Crippen molar-refractivity contribution in [2.24, 2.45) is 0 Å². The van der Waals surface area contributed by atoms with Gasteiger partial charge in [-0.2, -0.15) is 0 Å². The van der Waals surface area contributed by atoms with Crippen molar-refractivity contribution in [1.82, 2.24) is 20.9 Å². The first-order valence-corrected chi connectivity index (χ1v) is 18.0. The normalized spacial score (nSPS) is 12.0. The minimum atomic E-state index is -1.91. The molecule has 15 nitrogen and oxygen atoms in total.